The van der Waals surface area contributed by atoms with Crippen molar-refractivity contribution < 1.29 is 22.0 Å². The molecule has 0 N–H and O–H groups in total. The van der Waals surface area contributed by atoms with Gasteiger partial charge >= 0.3 is 5.63 Å². The first-order valence-corrected chi connectivity index (χ1v) is 12.6. The molecule has 0 saturated carbocycles. The Labute approximate surface area is 199 Å². The summed E-state index contributed by atoms with van der Waals surface area (Å²) in [5.41, 5.74) is 3.84. The van der Waals surface area contributed by atoms with Crippen LogP contribution in [0, 0.1) is 12.3 Å². The molecule has 174 valence electrons. The predicted octanol–water partition coefficient (Wildman–Crippen LogP) is 4.19. The highest BCUT2D eigenvalue weighted by Crippen LogP contribution is 2.40. The number of hydrogen-bond donors (Lipinski definition) is 0. The summed E-state index contributed by atoms with van der Waals surface area (Å²) in [6, 6.07) is 15.1. The molecule has 0 saturated heterocycles. The van der Waals surface area contributed by atoms with E-state index in [0.717, 1.165) is 22.3 Å². The maximum Gasteiger partial charge on any atom is 0.343 e. The predicted molar refractivity (Wildman–Crippen MR) is 133 cm³/mol. The number of benzene rings is 2. The second-order valence-electron chi connectivity index (χ2n) is 8.87. The number of hydrogen-bond acceptors (Lipinski definition) is 5. The van der Waals surface area contributed by atoms with Crippen LogP contribution in [-0.2, 0) is 15.5 Å². The molecule has 1 aliphatic heterocycles. The van der Waals surface area contributed by atoms with Crippen molar-refractivity contribution in [2.24, 2.45) is 0 Å². The Bertz CT molecular complexity index is 1540. The molecule has 0 unspecified atom stereocenters. The Morgan fingerprint density at radius 3 is 2.62 bits per heavy atom. The van der Waals surface area contributed by atoms with E-state index in [2.05, 4.69) is 30.4 Å². The maximum atomic E-state index is 12.6. The molecule has 0 fully saturated rings. The highest BCUT2D eigenvalue weighted by molar-refractivity contribution is 7.85. The zero-order valence-electron chi connectivity index (χ0n) is 19.1. The average molecular weight is 476 g/mol. The largest absolute Gasteiger partial charge is 0.748 e. The first-order valence-electron chi connectivity index (χ1n) is 11.0. The fraction of sp³-hybridized carbons (Fsp3) is 0.259. The van der Waals surface area contributed by atoms with E-state index in [0.29, 0.717) is 29.7 Å². The third-order valence-electron chi connectivity index (χ3n) is 6.18. The fourth-order valence-electron chi connectivity index (χ4n) is 4.43. The van der Waals surface area contributed by atoms with Gasteiger partial charge in [0.1, 0.15) is 12.1 Å². The fourth-order valence-corrected chi connectivity index (χ4v) is 4.99. The van der Waals surface area contributed by atoms with Crippen LogP contribution in [0.1, 0.15) is 43.4 Å². The molecule has 1 aromatic heterocycles. The summed E-state index contributed by atoms with van der Waals surface area (Å²) in [6.45, 7) is 4.77. The Balaban J connectivity index is 1.71. The molecule has 1 aliphatic rings. The number of nitrogens with zero attached hydrogens (tertiary/aromatic N) is 1. The van der Waals surface area contributed by atoms with Crippen LogP contribution < -0.4 is 5.63 Å². The lowest BCUT2D eigenvalue weighted by Crippen LogP contribution is -2.28. The molecule has 0 atom stereocenters. The van der Waals surface area contributed by atoms with Gasteiger partial charge in [-0.25, -0.2) is 13.2 Å². The third kappa shape index (κ3) is 4.74. The monoisotopic (exact) mass is 475 g/mol. The molecule has 0 amide bonds. The normalized spacial score (nSPS) is 15.1. The van der Waals surface area contributed by atoms with Gasteiger partial charge in [-0.05, 0) is 50.6 Å². The number of unbranched alkanes of at least 4 members (excludes halogenated alkanes) is 1. The van der Waals surface area contributed by atoms with E-state index in [1.54, 1.807) is 24.3 Å². The summed E-state index contributed by atoms with van der Waals surface area (Å²) >= 11 is 0. The van der Waals surface area contributed by atoms with E-state index >= 15 is 0 Å². The van der Waals surface area contributed by atoms with Crippen LogP contribution in [0.2, 0.25) is 0 Å². The molecule has 0 spiro atoms. The van der Waals surface area contributed by atoms with Crippen molar-refractivity contribution in [1.29, 1.82) is 0 Å². The number of para-hydroxylation sites is 1. The second kappa shape index (κ2) is 9.05. The molecular weight excluding hydrogens is 450 g/mol. The van der Waals surface area contributed by atoms with Crippen LogP contribution in [-0.4, -0.2) is 35.6 Å². The van der Waals surface area contributed by atoms with Crippen molar-refractivity contribution in [3.63, 3.8) is 0 Å². The number of fused-ring (bicyclic) bond motifs is 2. The van der Waals surface area contributed by atoms with Gasteiger partial charge in [-0.3, -0.25) is 0 Å². The van der Waals surface area contributed by atoms with E-state index in [4.69, 9.17) is 10.8 Å². The molecule has 6 nitrogen and oxygen atoms in total. The van der Waals surface area contributed by atoms with Crippen LogP contribution in [0.25, 0.3) is 17.0 Å². The lowest BCUT2D eigenvalue weighted by atomic mass is 9.81. The van der Waals surface area contributed by atoms with E-state index < -0.39 is 15.7 Å². The van der Waals surface area contributed by atoms with Crippen LogP contribution in [0.5, 0.6) is 0 Å². The van der Waals surface area contributed by atoms with Gasteiger partial charge in [-0.1, -0.05) is 24.1 Å². The Hall–Kier alpha value is -3.47. The molecule has 0 radical (unpaired) electrons. The zero-order valence-corrected chi connectivity index (χ0v) is 19.9. The van der Waals surface area contributed by atoms with E-state index in [-0.39, 0.29) is 17.6 Å². The standard InChI is InChI=1S/C27H25NO5S/c1-4-19-11-12-20-18-21(26(29)33-24(20)17-19)13-14-25-27(2,3)22-9-5-6-10-23(22)28(25)15-7-8-16-34(30,31)32/h1,5-6,9-14,17-18H,7-8,15-16H2,2-3H3/b14-13+. The number of rotatable bonds is 7. The van der Waals surface area contributed by atoms with E-state index in [1.807, 2.05) is 30.3 Å². The van der Waals surface area contributed by atoms with Crippen LogP contribution >= 0.6 is 0 Å². The van der Waals surface area contributed by atoms with Gasteiger partial charge in [-0.2, -0.15) is 4.58 Å². The highest BCUT2D eigenvalue weighted by atomic mass is 32.2. The lowest BCUT2D eigenvalue weighted by molar-refractivity contribution is -0.438. The summed E-state index contributed by atoms with van der Waals surface area (Å²) in [4.78, 5) is 12.6. The lowest BCUT2D eigenvalue weighted by Gasteiger charge is -2.15. The summed E-state index contributed by atoms with van der Waals surface area (Å²) in [6.07, 6.45) is 9.92. The van der Waals surface area contributed by atoms with Crippen molar-refractivity contribution in [1.82, 2.24) is 0 Å². The highest BCUT2D eigenvalue weighted by Gasteiger charge is 2.43. The van der Waals surface area contributed by atoms with Crippen LogP contribution in [0.3, 0.4) is 0 Å². The maximum absolute atomic E-state index is 12.6. The minimum atomic E-state index is -4.24. The molecule has 2 heterocycles. The van der Waals surface area contributed by atoms with Crippen molar-refractivity contribution in [3.05, 3.63) is 81.7 Å². The Morgan fingerprint density at radius 1 is 1.12 bits per heavy atom. The third-order valence-corrected chi connectivity index (χ3v) is 6.96. The van der Waals surface area contributed by atoms with E-state index in [9.17, 15) is 17.8 Å². The van der Waals surface area contributed by atoms with Crippen molar-refractivity contribution in [3.8, 4) is 12.3 Å². The first-order chi connectivity index (χ1) is 16.1. The summed E-state index contributed by atoms with van der Waals surface area (Å²) in [5, 5.41) is 0.771. The minimum Gasteiger partial charge on any atom is -0.748 e. The minimum absolute atomic E-state index is 0.288. The zero-order chi connectivity index (χ0) is 24.5. The number of allylic oxidation sites excluding steroid dienone is 1. The molecule has 3 aromatic rings. The van der Waals surface area contributed by atoms with Gasteiger partial charge in [0.15, 0.2) is 5.71 Å². The molecule has 0 aliphatic carbocycles. The molecular formula is C27H25NO5S. The van der Waals surface area contributed by atoms with Gasteiger partial charge in [0.25, 0.3) is 0 Å². The SMILES string of the molecule is C#Cc1ccc2cc(/C=C/C3=[N+](CCCCS(=O)(=O)[O-])c4ccccc4C3(C)C)c(=O)oc2c1. The van der Waals surface area contributed by atoms with Gasteiger partial charge in [-0.15, -0.1) is 6.42 Å². The van der Waals surface area contributed by atoms with Crippen molar-refractivity contribution >= 4 is 38.6 Å². The molecule has 4 rings (SSSR count). The van der Waals surface area contributed by atoms with E-state index in [1.165, 1.54) is 0 Å². The second-order valence-corrected chi connectivity index (χ2v) is 10.4. The smallest absolute Gasteiger partial charge is 0.343 e. The molecule has 0 bridgehead atoms. The van der Waals surface area contributed by atoms with Crippen LogP contribution in [0.15, 0.2) is 63.8 Å². The van der Waals surface area contributed by atoms with Gasteiger partial charge < -0.3 is 8.97 Å². The van der Waals surface area contributed by atoms with Crippen molar-refractivity contribution in [2.75, 3.05) is 12.3 Å². The summed E-state index contributed by atoms with van der Waals surface area (Å²) in [7, 11) is -4.24. The molecule has 7 heteroatoms. The summed E-state index contributed by atoms with van der Waals surface area (Å²) in [5.74, 6) is 2.15. The quantitative estimate of drug-likeness (QED) is 0.168. The van der Waals surface area contributed by atoms with Gasteiger partial charge in [0.05, 0.1) is 21.1 Å². The molecule has 2 aromatic carbocycles. The average Bonchev–Trinajstić information content (AvgIpc) is 3.00. The Morgan fingerprint density at radius 2 is 1.88 bits per heavy atom. The van der Waals surface area contributed by atoms with Gasteiger partial charge in [0.2, 0.25) is 5.69 Å². The van der Waals surface area contributed by atoms with Gasteiger partial charge in [0, 0.05) is 40.8 Å². The Kier molecular flexibility index (Phi) is 6.30. The first kappa shape index (κ1) is 23.7. The summed E-state index contributed by atoms with van der Waals surface area (Å²) < 4.78 is 40.6. The number of terminal acetylenes is 1. The van der Waals surface area contributed by atoms with Crippen molar-refractivity contribution in [2.45, 2.75) is 32.1 Å². The topological polar surface area (TPSA) is 90.4 Å². The van der Waals surface area contributed by atoms with Crippen LogP contribution in [0.4, 0.5) is 5.69 Å². The molecule has 34 heavy (non-hydrogen) atoms.